The minimum absolute atomic E-state index is 0.0730. The number of imide groups is 2. The van der Waals surface area contributed by atoms with Crippen molar-refractivity contribution in [3.8, 4) is 11.8 Å². The van der Waals surface area contributed by atoms with E-state index in [4.69, 9.17) is 10.00 Å². The van der Waals surface area contributed by atoms with Crippen molar-refractivity contribution < 1.29 is 41.9 Å². The fourth-order valence-electron chi connectivity index (χ4n) is 10.4. The number of carbonyl (C=O) groups excluding carboxylic acids is 5. The van der Waals surface area contributed by atoms with Gasteiger partial charge in [-0.2, -0.15) is 18.4 Å². The largest absolute Gasteiger partial charge is 0.488 e. The molecule has 17 heteroatoms. The van der Waals surface area contributed by atoms with Crippen LogP contribution >= 0.6 is 0 Å². The average Bonchev–Trinajstić information content (AvgIpc) is 3.49. The van der Waals surface area contributed by atoms with E-state index in [0.717, 1.165) is 87.2 Å². The number of piperidine rings is 2. The molecule has 5 heterocycles. The predicted molar refractivity (Wildman–Crippen MR) is 220 cm³/mol. The highest BCUT2D eigenvalue weighted by Crippen LogP contribution is 2.55. The fourth-order valence-corrected chi connectivity index (χ4v) is 10.4. The van der Waals surface area contributed by atoms with Crippen molar-refractivity contribution in [3.05, 3.63) is 82.7 Å². The highest BCUT2D eigenvalue weighted by Gasteiger charge is 2.64. The Morgan fingerprint density at radius 2 is 1.50 bits per heavy atom. The first-order valence-corrected chi connectivity index (χ1v) is 21.0. The molecular formula is C45H49F3N8O6. The zero-order valence-corrected chi connectivity index (χ0v) is 35.1. The molecule has 1 unspecified atom stereocenters. The summed E-state index contributed by atoms with van der Waals surface area (Å²) >= 11 is 0. The Morgan fingerprint density at radius 1 is 0.871 bits per heavy atom. The van der Waals surface area contributed by atoms with E-state index < -0.39 is 64.0 Å². The molecule has 5 amide bonds. The number of nitriles is 1. The van der Waals surface area contributed by atoms with E-state index in [9.17, 15) is 37.1 Å². The zero-order chi connectivity index (χ0) is 44.3. The molecule has 1 atom stereocenters. The lowest BCUT2D eigenvalue weighted by Gasteiger charge is -2.63. The number of alkyl halides is 3. The number of carbonyl (C=O) groups is 5. The topological polar surface area (TPSA) is 168 Å². The van der Waals surface area contributed by atoms with E-state index in [1.54, 1.807) is 12.1 Å². The lowest BCUT2D eigenvalue weighted by molar-refractivity contribution is -0.165. The van der Waals surface area contributed by atoms with Gasteiger partial charge in [0.25, 0.3) is 17.7 Å². The molecular weight excluding hydrogens is 806 g/mol. The normalized spacial score (nSPS) is 24.0. The van der Waals surface area contributed by atoms with Gasteiger partial charge in [0.1, 0.15) is 24.0 Å². The van der Waals surface area contributed by atoms with Crippen LogP contribution in [0.1, 0.15) is 95.7 Å². The van der Waals surface area contributed by atoms with Gasteiger partial charge < -0.3 is 19.9 Å². The third-order valence-corrected chi connectivity index (χ3v) is 13.4. The molecule has 62 heavy (non-hydrogen) atoms. The number of aromatic nitrogens is 1. The number of hydrogen-bond donors (Lipinski definition) is 2. The highest BCUT2D eigenvalue weighted by molar-refractivity contribution is 6.23. The molecule has 1 saturated carbocycles. The smallest absolute Gasteiger partial charge is 0.419 e. The van der Waals surface area contributed by atoms with E-state index >= 15 is 0 Å². The Balaban J connectivity index is 0.794. The number of halogens is 3. The third-order valence-electron chi connectivity index (χ3n) is 13.4. The van der Waals surface area contributed by atoms with Crippen LogP contribution in [0.5, 0.6) is 5.75 Å². The molecule has 3 aromatic rings. The molecule has 14 nitrogen and oxygen atoms in total. The van der Waals surface area contributed by atoms with Crippen LogP contribution in [0.3, 0.4) is 0 Å². The Morgan fingerprint density at radius 3 is 2.13 bits per heavy atom. The summed E-state index contributed by atoms with van der Waals surface area (Å²) in [5.74, 6) is -1.87. The zero-order valence-electron chi connectivity index (χ0n) is 35.1. The summed E-state index contributed by atoms with van der Waals surface area (Å²) in [6.07, 6.45) is -1.95. The number of nitrogens with one attached hydrogen (secondary N) is 2. The SMILES string of the molecule is CC1(C)C(NC(=O)c2ccc(N3CCC(CN4CCN(c5ccc6c(c5)C(=O)N(C5CCC(=O)NC5=O)C6=O)CC4)CC3)cc2)C(C)(C)C1Oc1cnc(C#N)c(C(F)(F)F)c1. The van der Waals surface area contributed by atoms with E-state index in [2.05, 4.69) is 30.3 Å². The van der Waals surface area contributed by atoms with E-state index in [1.807, 2.05) is 58.0 Å². The van der Waals surface area contributed by atoms with Gasteiger partial charge >= 0.3 is 6.18 Å². The molecule has 4 fully saturated rings. The lowest BCUT2D eigenvalue weighted by Crippen LogP contribution is -2.74. The second kappa shape index (κ2) is 16.0. The highest BCUT2D eigenvalue weighted by atomic mass is 19.4. The number of rotatable bonds is 9. The van der Waals surface area contributed by atoms with Crippen LogP contribution < -0.4 is 25.2 Å². The molecule has 3 saturated heterocycles. The maximum absolute atomic E-state index is 13.6. The minimum Gasteiger partial charge on any atom is -0.488 e. The molecule has 326 valence electrons. The van der Waals surface area contributed by atoms with Gasteiger partial charge in [-0.1, -0.05) is 27.7 Å². The second-order valence-corrected chi connectivity index (χ2v) is 18.2. The van der Waals surface area contributed by atoms with Crippen molar-refractivity contribution in [2.75, 3.05) is 55.6 Å². The summed E-state index contributed by atoms with van der Waals surface area (Å²) < 4.78 is 46.8. The molecule has 2 N–H and O–H groups in total. The predicted octanol–water partition coefficient (Wildman–Crippen LogP) is 5.02. The summed E-state index contributed by atoms with van der Waals surface area (Å²) in [6, 6.07) is 13.7. The van der Waals surface area contributed by atoms with Crippen molar-refractivity contribution in [2.45, 2.75) is 77.7 Å². The molecule has 2 aromatic carbocycles. The maximum atomic E-state index is 13.6. The summed E-state index contributed by atoms with van der Waals surface area (Å²) in [5, 5.41) is 14.5. The van der Waals surface area contributed by atoms with E-state index in [1.165, 1.54) is 6.07 Å². The van der Waals surface area contributed by atoms with Crippen molar-refractivity contribution in [1.82, 2.24) is 25.4 Å². The van der Waals surface area contributed by atoms with Gasteiger partial charge in [0, 0.05) is 86.0 Å². The van der Waals surface area contributed by atoms with Crippen molar-refractivity contribution in [3.63, 3.8) is 0 Å². The molecule has 8 rings (SSSR count). The Bertz CT molecular complexity index is 2330. The number of anilines is 2. The van der Waals surface area contributed by atoms with Crippen LogP contribution in [0, 0.1) is 28.1 Å². The quantitative estimate of drug-likeness (QED) is 0.278. The van der Waals surface area contributed by atoms with Gasteiger partial charge in [-0.25, -0.2) is 4.98 Å². The molecule has 0 spiro atoms. The first-order valence-electron chi connectivity index (χ1n) is 21.0. The summed E-state index contributed by atoms with van der Waals surface area (Å²) in [5.41, 5.74) is -0.208. The first-order chi connectivity index (χ1) is 29.4. The summed E-state index contributed by atoms with van der Waals surface area (Å²) in [4.78, 5) is 75.7. The molecule has 1 aromatic heterocycles. The molecule has 0 bridgehead atoms. The van der Waals surface area contributed by atoms with Gasteiger partial charge in [0.15, 0.2) is 5.69 Å². The summed E-state index contributed by atoms with van der Waals surface area (Å²) in [6.45, 7) is 13.6. The van der Waals surface area contributed by atoms with Crippen LogP contribution in [0.15, 0.2) is 54.7 Å². The summed E-state index contributed by atoms with van der Waals surface area (Å²) in [7, 11) is 0. The molecule has 0 radical (unpaired) electrons. The van der Waals surface area contributed by atoms with Crippen molar-refractivity contribution in [2.24, 2.45) is 16.7 Å². The number of pyridine rings is 1. The number of benzene rings is 2. The van der Waals surface area contributed by atoms with Crippen LogP contribution in [-0.2, 0) is 15.8 Å². The fraction of sp³-hybridized carbons (Fsp3) is 0.489. The van der Waals surface area contributed by atoms with Crippen LogP contribution in [0.25, 0.3) is 0 Å². The third kappa shape index (κ3) is 7.84. The van der Waals surface area contributed by atoms with Gasteiger partial charge in [-0.3, -0.25) is 39.1 Å². The van der Waals surface area contributed by atoms with Gasteiger partial charge in [0.2, 0.25) is 11.8 Å². The van der Waals surface area contributed by atoms with Crippen LogP contribution in [-0.4, -0.2) is 108 Å². The maximum Gasteiger partial charge on any atom is 0.419 e. The lowest BCUT2D eigenvalue weighted by atomic mass is 9.49. The van der Waals surface area contributed by atoms with Gasteiger partial charge in [-0.15, -0.1) is 0 Å². The standard InChI is InChI=1S/C45H49F3N8O6/c1-43(2)41(44(3,4)42(43)62-30-22-33(45(46,47)48)34(23-49)50-24-30)52-37(58)27-5-7-28(8-6-27)54-15-13-26(14-16-54)25-53-17-19-55(20-18-53)29-9-10-31-32(21-29)40(61)56(39(31)60)35-11-12-36(57)51-38(35)59/h5-10,21-22,24,26,35,41-42H,11-20,25H2,1-4H3,(H,52,58)(H,51,57,59). The first kappa shape index (κ1) is 42.7. The van der Waals surface area contributed by atoms with Crippen LogP contribution in [0.2, 0.25) is 0 Å². The second-order valence-electron chi connectivity index (χ2n) is 18.2. The Hall–Kier alpha value is -6.02. The molecule has 5 aliphatic rings. The number of fused-ring (bicyclic) bond motifs is 1. The van der Waals surface area contributed by atoms with Gasteiger partial charge in [0.05, 0.1) is 22.9 Å². The number of ether oxygens (including phenoxy) is 1. The minimum atomic E-state index is -4.76. The molecule has 4 aliphatic heterocycles. The number of hydrogen-bond acceptors (Lipinski definition) is 11. The van der Waals surface area contributed by atoms with Crippen LogP contribution in [0.4, 0.5) is 24.5 Å². The number of amides is 5. The average molecular weight is 855 g/mol. The van der Waals surface area contributed by atoms with E-state index in [0.29, 0.717) is 11.5 Å². The Labute approximate surface area is 357 Å². The molecule has 1 aliphatic carbocycles. The monoisotopic (exact) mass is 854 g/mol. The van der Waals surface area contributed by atoms with Crippen molar-refractivity contribution in [1.29, 1.82) is 5.26 Å². The Kier molecular flexibility index (Phi) is 11.0. The van der Waals surface area contributed by atoms with E-state index in [-0.39, 0.29) is 41.7 Å². The van der Waals surface area contributed by atoms with Gasteiger partial charge in [-0.05, 0) is 73.7 Å². The number of piperazine rings is 1. The number of nitrogens with zero attached hydrogens (tertiary/aromatic N) is 6. The van der Waals surface area contributed by atoms with Crippen molar-refractivity contribution >= 4 is 40.9 Å².